The van der Waals surface area contributed by atoms with E-state index in [1.165, 1.54) is 12.0 Å². The van der Waals surface area contributed by atoms with E-state index in [-0.39, 0.29) is 5.97 Å². The van der Waals surface area contributed by atoms with Gasteiger partial charge < -0.3 is 15.4 Å². The summed E-state index contributed by atoms with van der Waals surface area (Å²) in [6.45, 7) is 3.89. The summed E-state index contributed by atoms with van der Waals surface area (Å²) in [5.41, 5.74) is 1.73. The highest BCUT2D eigenvalue weighted by molar-refractivity contribution is 7.09. The fourth-order valence-corrected chi connectivity index (χ4v) is 3.46. The molecule has 0 saturated heterocycles. The van der Waals surface area contributed by atoms with Gasteiger partial charge in [-0.1, -0.05) is 25.1 Å². The van der Waals surface area contributed by atoms with Gasteiger partial charge in [-0.2, -0.15) is 0 Å². The summed E-state index contributed by atoms with van der Waals surface area (Å²) in [7, 11) is 3.17. The van der Waals surface area contributed by atoms with Crippen LogP contribution in [0, 0.1) is 5.92 Å². The SMILES string of the molecule is CN=C(NCCc1ccc(C(=O)OC)cc1)NCC(C)Cc1cccs1. The van der Waals surface area contributed by atoms with Crippen LogP contribution in [0.3, 0.4) is 0 Å². The molecule has 0 amide bonds. The lowest BCUT2D eigenvalue weighted by molar-refractivity contribution is 0.0600. The first kappa shape index (κ1) is 20.0. The van der Waals surface area contributed by atoms with Gasteiger partial charge in [-0.25, -0.2) is 4.79 Å². The van der Waals surface area contributed by atoms with E-state index >= 15 is 0 Å². The molecule has 2 aromatic rings. The highest BCUT2D eigenvalue weighted by atomic mass is 32.1. The molecule has 140 valence electrons. The first-order chi connectivity index (χ1) is 12.6. The van der Waals surface area contributed by atoms with Gasteiger partial charge in [0.1, 0.15) is 0 Å². The smallest absolute Gasteiger partial charge is 0.337 e. The van der Waals surface area contributed by atoms with Crippen LogP contribution in [0.25, 0.3) is 0 Å². The molecule has 5 nitrogen and oxygen atoms in total. The van der Waals surface area contributed by atoms with E-state index in [0.717, 1.165) is 37.5 Å². The second-order valence-electron chi connectivity index (χ2n) is 6.21. The quantitative estimate of drug-likeness (QED) is 0.424. The Balaban J connectivity index is 1.70. The minimum atomic E-state index is -0.309. The number of rotatable bonds is 8. The molecular formula is C20H27N3O2S. The Morgan fingerprint density at radius 1 is 1.23 bits per heavy atom. The Labute approximate surface area is 159 Å². The number of methoxy groups -OCH3 is 1. The summed E-state index contributed by atoms with van der Waals surface area (Å²) in [6, 6.07) is 11.8. The van der Waals surface area contributed by atoms with E-state index in [2.05, 4.69) is 40.1 Å². The van der Waals surface area contributed by atoms with Gasteiger partial charge in [0.25, 0.3) is 0 Å². The van der Waals surface area contributed by atoms with Crippen LogP contribution in [0.15, 0.2) is 46.8 Å². The summed E-state index contributed by atoms with van der Waals surface area (Å²) in [5.74, 6) is 1.04. The van der Waals surface area contributed by atoms with E-state index < -0.39 is 0 Å². The van der Waals surface area contributed by atoms with Gasteiger partial charge in [-0.15, -0.1) is 11.3 Å². The number of hydrogen-bond acceptors (Lipinski definition) is 4. The number of hydrogen-bond donors (Lipinski definition) is 2. The van der Waals surface area contributed by atoms with E-state index in [9.17, 15) is 4.79 Å². The molecule has 2 rings (SSSR count). The first-order valence-electron chi connectivity index (χ1n) is 8.76. The maximum atomic E-state index is 11.4. The molecule has 0 spiro atoms. The average molecular weight is 374 g/mol. The molecule has 0 radical (unpaired) electrons. The summed E-state index contributed by atoms with van der Waals surface area (Å²) < 4.78 is 4.71. The van der Waals surface area contributed by atoms with Crippen LogP contribution in [-0.4, -0.2) is 39.2 Å². The molecule has 0 aliphatic carbocycles. The van der Waals surface area contributed by atoms with Crippen LogP contribution in [0.5, 0.6) is 0 Å². The van der Waals surface area contributed by atoms with Gasteiger partial charge in [0.15, 0.2) is 5.96 Å². The second kappa shape index (κ2) is 10.6. The molecule has 0 fully saturated rings. The van der Waals surface area contributed by atoms with Crippen LogP contribution in [0.2, 0.25) is 0 Å². The normalized spacial score (nSPS) is 12.5. The van der Waals surface area contributed by atoms with Crippen molar-refractivity contribution in [2.75, 3.05) is 27.2 Å². The van der Waals surface area contributed by atoms with Crippen molar-refractivity contribution in [3.8, 4) is 0 Å². The second-order valence-corrected chi connectivity index (χ2v) is 7.24. The number of guanidine groups is 1. The molecule has 1 aromatic heterocycles. The molecule has 2 N–H and O–H groups in total. The zero-order valence-electron chi connectivity index (χ0n) is 15.6. The van der Waals surface area contributed by atoms with Crippen molar-refractivity contribution in [1.29, 1.82) is 0 Å². The Bertz CT molecular complexity index is 696. The molecule has 1 unspecified atom stereocenters. The van der Waals surface area contributed by atoms with Crippen molar-refractivity contribution in [1.82, 2.24) is 10.6 Å². The van der Waals surface area contributed by atoms with Gasteiger partial charge in [-0.05, 0) is 47.9 Å². The van der Waals surface area contributed by atoms with Crippen LogP contribution in [-0.2, 0) is 17.6 Å². The van der Waals surface area contributed by atoms with E-state index in [1.54, 1.807) is 30.5 Å². The molecule has 1 aromatic carbocycles. The third-order valence-corrected chi connectivity index (χ3v) is 4.95. The standard InChI is InChI=1S/C20H27N3O2S/c1-15(13-18-5-4-12-26-18)14-23-20(21-2)22-11-10-16-6-8-17(9-7-16)19(24)25-3/h4-9,12,15H,10-11,13-14H2,1-3H3,(H2,21,22,23). The fraction of sp³-hybridized carbons (Fsp3) is 0.400. The number of nitrogens with zero attached hydrogens (tertiary/aromatic N) is 1. The number of nitrogens with one attached hydrogen (secondary N) is 2. The maximum Gasteiger partial charge on any atom is 0.337 e. The van der Waals surface area contributed by atoms with E-state index in [1.807, 2.05) is 12.1 Å². The largest absolute Gasteiger partial charge is 0.465 e. The number of benzene rings is 1. The molecule has 0 saturated carbocycles. The number of ether oxygens (including phenoxy) is 1. The first-order valence-corrected chi connectivity index (χ1v) is 9.64. The van der Waals surface area contributed by atoms with Gasteiger partial charge >= 0.3 is 5.97 Å². The summed E-state index contributed by atoms with van der Waals surface area (Å²) >= 11 is 1.80. The van der Waals surface area contributed by atoms with E-state index in [0.29, 0.717) is 11.5 Å². The number of aliphatic imine (C=N–C) groups is 1. The molecule has 6 heteroatoms. The average Bonchev–Trinajstić information content (AvgIpc) is 3.17. The van der Waals surface area contributed by atoms with Gasteiger partial charge in [-0.3, -0.25) is 4.99 Å². The third kappa shape index (κ3) is 6.52. The maximum absolute atomic E-state index is 11.4. The minimum Gasteiger partial charge on any atom is -0.465 e. The van der Waals surface area contributed by atoms with Gasteiger partial charge in [0, 0.05) is 25.0 Å². The molecule has 1 heterocycles. The lowest BCUT2D eigenvalue weighted by atomic mass is 10.1. The monoisotopic (exact) mass is 373 g/mol. The molecule has 0 aliphatic rings. The number of carbonyl (C=O) groups excluding carboxylic acids is 1. The lowest BCUT2D eigenvalue weighted by Gasteiger charge is -2.15. The van der Waals surface area contributed by atoms with Crippen molar-refractivity contribution >= 4 is 23.3 Å². The summed E-state index contributed by atoms with van der Waals surface area (Å²) in [4.78, 5) is 17.1. The molecule has 0 bridgehead atoms. The highest BCUT2D eigenvalue weighted by Crippen LogP contribution is 2.13. The predicted molar refractivity (Wildman–Crippen MR) is 108 cm³/mol. The number of thiophene rings is 1. The van der Waals surface area contributed by atoms with Crippen molar-refractivity contribution in [2.45, 2.75) is 19.8 Å². The van der Waals surface area contributed by atoms with Crippen LogP contribution in [0.1, 0.15) is 27.7 Å². The van der Waals surface area contributed by atoms with Gasteiger partial charge in [0.05, 0.1) is 12.7 Å². The lowest BCUT2D eigenvalue weighted by Crippen LogP contribution is -2.40. The Morgan fingerprint density at radius 3 is 2.62 bits per heavy atom. The van der Waals surface area contributed by atoms with Crippen LogP contribution < -0.4 is 10.6 Å². The van der Waals surface area contributed by atoms with Crippen LogP contribution in [0.4, 0.5) is 0 Å². The topological polar surface area (TPSA) is 62.7 Å². The minimum absolute atomic E-state index is 0.309. The fourth-order valence-electron chi connectivity index (χ4n) is 2.59. The predicted octanol–water partition coefficient (Wildman–Crippen LogP) is 3.12. The molecule has 26 heavy (non-hydrogen) atoms. The summed E-state index contributed by atoms with van der Waals surface area (Å²) in [6.07, 6.45) is 1.93. The van der Waals surface area contributed by atoms with Crippen molar-refractivity contribution in [3.63, 3.8) is 0 Å². The van der Waals surface area contributed by atoms with Crippen molar-refractivity contribution in [3.05, 3.63) is 57.8 Å². The van der Waals surface area contributed by atoms with Crippen molar-refractivity contribution in [2.24, 2.45) is 10.9 Å². The number of carbonyl (C=O) groups is 1. The van der Waals surface area contributed by atoms with Crippen molar-refractivity contribution < 1.29 is 9.53 Å². The van der Waals surface area contributed by atoms with Crippen LogP contribution >= 0.6 is 11.3 Å². The molecule has 1 atom stereocenters. The zero-order chi connectivity index (χ0) is 18.8. The zero-order valence-corrected chi connectivity index (χ0v) is 16.4. The summed E-state index contributed by atoms with van der Waals surface area (Å²) in [5, 5.41) is 8.83. The Kier molecular flexibility index (Phi) is 8.15. The Hall–Kier alpha value is -2.34. The number of esters is 1. The third-order valence-electron chi connectivity index (χ3n) is 4.05. The van der Waals surface area contributed by atoms with E-state index in [4.69, 9.17) is 4.74 Å². The molecular weight excluding hydrogens is 346 g/mol. The van der Waals surface area contributed by atoms with Gasteiger partial charge in [0.2, 0.25) is 0 Å². The highest BCUT2D eigenvalue weighted by Gasteiger charge is 2.07. The molecule has 0 aliphatic heterocycles. The Morgan fingerprint density at radius 2 is 2.00 bits per heavy atom.